The van der Waals surface area contributed by atoms with Crippen LogP contribution in [-0.2, 0) is 4.74 Å². The number of nitrogens with zero attached hydrogens (tertiary/aromatic N) is 1. The van der Waals surface area contributed by atoms with E-state index in [0.717, 1.165) is 25.7 Å². The Kier molecular flexibility index (Phi) is 4.09. The number of halogens is 1. The van der Waals surface area contributed by atoms with Crippen molar-refractivity contribution in [3.8, 4) is 5.75 Å². The van der Waals surface area contributed by atoms with Crippen molar-refractivity contribution >= 4 is 17.5 Å². The topological polar surface area (TPSA) is 38.8 Å². The number of hydrogen-bond donors (Lipinski definition) is 0. The first-order valence-electron chi connectivity index (χ1n) is 7.33. The third kappa shape index (κ3) is 2.62. The van der Waals surface area contributed by atoms with E-state index in [9.17, 15) is 4.79 Å². The van der Waals surface area contributed by atoms with E-state index in [2.05, 4.69) is 0 Å². The maximum Gasteiger partial charge on any atom is 0.258 e. The van der Waals surface area contributed by atoms with Gasteiger partial charge in [-0.3, -0.25) is 4.79 Å². The third-order valence-corrected chi connectivity index (χ3v) is 4.88. The first kappa shape index (κ1) is 14.7. The number of carbonyl (C=O) groups excluding carboxylic acids is 1. The molecule has 0 aliphatic carbocycles. The Morgan fingerprint density at radius 2 is 1.90 bits per heavy atom. The molecule has 0 radical (unpaired) electrons. The number of hydrogen-bond acceptors (Lipinski definition) is 3. The molecule has 2 aliphatic heterocycles. The number of piperidine rings is 1. The van der Waals surface area contributed by atoms with Gasteiger partial charge in [-0.05, 0) is 43.9 Å². The molecule has 114 valence electrons. The van der Waals surface area contributed by atoms with Crippen molar-refractivity contribution in [2.75, 3.05) is 14.2 Å². The minimum atomic E-state index is 0.0244. The van der Waals surface area contributed by atoms with E-state index in [1.807, 2.05) is 4.90 Å². The Hall–Kier alpha value is -1.26. The van der Waals surface area contributed by atoms with Gasteiger partial charge in [0, 0.05) is 24.2 Å². The Bertz CT molecular complexity index is 534. The van der Waals surface area contributed by atoms with E-state index in [1.54, 1.807) is 32.4 Å². The van der Waals surface area contributed by atoms with Crippen molar-refractivity contribution in [3.05, 3.63) is 28.8 Å². The average Bonchev–Trinajstić information content (AvgIpc) is 2.76. The van der Waals surface area contributed by atoms with Gasteiger partial charge in [-0.2, -0.15) is 0 Å². The van der Waals surface area contributed by atoms with E-state index in [4.69, 9.17) is 21.1 Å². The second-order valence-electron chi connectivity index (χ2n) is 5.77. The minimum absolute atomic E-state index is 0.0244. The number of ether oxygens (including phenoxy) is 2. The van der Waals surface area contributed by atoms with Crippen molar-refractivity contribution in [2.45, 2.75) is 43.9 Å². The predicted molar refractivity (Wildman–Crippen MR) is 81.0 cm³/mol. The molecule has 0 spiro atoms. The summed E-state index contributed by atoms with van der Waals surface area (Å²) in [5.41, 5.74) is 0.553. The molecule has 0 aromatic heterocycles. The van der Waals surface area contributed by atoms with Gasteiger partial charge in [0.2, 0.25) is 0 Å². The van der Waals surface area contributed by atoms with Gasteiger partial charge in [0.1, 0.15) is 5.75 Å². The lowest BCUT2D eigenvalue weighted by Crippen LogP contribution is -2.48. The van der Waals surface area contributed by atoms with Gasteiger partial charge in [-0.1, -0.05) is 11.6 Å². The molecule has 21 heavy (non-hydrogen) atoms. The molecule has 2 unspecified atom stereocenters. The fraction of sp³-hybridized carbons (Fsp3) is 0.562. The summed E-state index contributed by atoms with van der Waals surface area (Å²) in [4.78, 5) is 15.0. The van der Waals surface area contributed by atoms with Crippen LogP contribution < -0.4 is 4.74 Å². The fourth-order valence-electron chi connectivity index (χ4n) is 3.64. The number of methoxy groups -OCH3 is 2. The van der Waals surface area contributed by atoms with Crippen molar-refractivity contribution in [3.63, 3.8) is 0 Å². The zero-order chi connectivity index (χ0) is 15.0. The highest BCUT2D eigenvalue weighted by molar-refractivity contribution is 6.31. The molecular weight excluding hydrogens is 290 g/mol. The van der Waals surface area contributed by atoms with Gasteiger partial charge < -0.3 is 14.4 Å². The molecule has 2 fully saturated rings. The second-order valence-corrected chi connectivity index (χ2v) is 6.21. The summed E-state index contributed by atoms with van der Waals surface area (Å²) in [6, 6.07) is 5.72. The highest BCUT2D eigenvalue weighted by atomic mass is 35.5. The molecule has 5 heteroatoms. The Balaban J connectivity index is 1.88. The van der Waals surface area contributed by atoms with Gasteiger partial charge in [-0.15, -0.1) is 0 Å². The molecule has 1 aromatic rings. The second kappa shape index (κ2) is 5.85. The lowest BCUT2D eigenvalue weighted by atomic mass is 9.98. The van der Waals surface area contributed by atoms with E-state index < -0.39 is 0 Å². The van der Waals surface area contributed by atoms with Crippen LogP contribution in [0.3, 0.4) is 0 Å². The normalized spacial score (nSPS) is 27.8. The number of benzene rings is 1. The van der Waals surface area contributed by atoms with Crippen LogP contribution in [0, 0.1) is 0 Å². The maximum atomic E-state index is 12.9. The van der Waals surface area contributed by atoms with E-state index in [-0.39, 0.29) is 24.1 Å². The van der Waals surface area contributed by atoms with Crippen LogP contribution in [0.2, 0.25) is 5.02 Å². The van der Waals surface area contributed by atoms with Gasteiger partial charge in [0.15, 0.2) is 0 Å². The number of rotatable bonds is 3. The summed E-state index contributed by atoms with van der Waals surface area (Å²) in [6.45, 7) is 0. The van der Waals surface area contributed by atoms with Crippen molar-refractivity contribution in [1.82, 2.24) is 4.90 Å². The largest absolute Gasteiger partial charge is 0.496 e. The molecule has 2 heterocycles. The highest BCUT2D eigenvalue weighted by Gasteiger charge is 2.44. The van der Waals surface area contributed by atoms with Crippen LogP contribution in [0.1, 0.15) is 36.0 Å². The summed E-state index contributed by atoms with van der Waals surface area (Å²) >= 11 is 6.04. The summed E-state index contributed by atoms with van der Waals surface area (Å²) in [7, 11) is 3.33. The predicted octanol–water partition coefficient (Wildman–Crippen LogP) is 3.13. The molecular formula is C16H20ClNO3. The molecule has 3 rings (SSSR count). The van der Waals surface area contributed by atoms with E-state index >= 15 is 0 Å². The molecule has 2 atom stereocenters. The van der Waals surface area contributed by atoms with Crippen molar-refractivity contribution < 1.29 is 14.3 Å². The summed E-state index contributed by atoms with van der Waals surface area (Å²) in [6.07, 6.45) is 4.22. The molecule has 2 saturated heterocycles. The van der Waals surface area contributed by atoms with Gasteiger partial charge in [0.25, 0.3) is 5.91 Å². The third-order valence-electron chi connectivity index (χ3n) is 4.65. The Morgan fingerprint density at radius 3 is 2.48 bits per heavy atom. The lowest BCUT2D eigenvalue weighted by Gasteiger charge is -2.38. The van der Waals surface area contributed by atoms with Crippen molar-refractivity contribution in [2.24, 2.45) is 0 Å². The first-order valence-corrected chi connectivity index (χ1v) is 7.70. The molecule has 2 bridgehead atoms. The van der Waals surface area contributed by atoms with Crippen LogP contribution in [0.15, 0.2) is 18.2 Å². The number of fused-ring (bicyclic) bond motifs is 2. The lowest BCUT2D eigenvalue weighted by molar-refractivity contribution is 0.00810. The standard InChI is InChI=1S/C16H20ClNO3/c1-20-13-8-11-4-5-12(9-13)18(11)16(19)14-7-10(17)3-6-15(14)21-2/h3,6-7,11-13H,4-5,8-9H2,1-2H3. The zero-order valence-electron chi connectivity index (χ0n) is 12.3. The van der Waals surface area contributed by atoms with E-state index in [0.29, 0.717) is 16.3 Å². The van der Waals surface area contributed by atoms with Crippen LogP contribution in [0.4, 0.5) is 0 Å². The fourth-order valence-corrected chi connectivity index (χ4v) is 3.81. The summed E-state index contributed by atoms with van der Waals surface area (Å²) in [5, 5.41) is 0.554. The zero-order valence-corrected chi connectivity index (χ0v) is 13.1. The van der Waals surface area contributed by atoms with Crippen LogP contribution >= 0.6 is 11.6 Å². The maximum absolute atomic E-state index is 12.9. The highest BCUT2D eigenvalue weighted by Crippen LogP contribution is 2.39. The van der Waals surface area contributed by atoms with Gasteiger partial charge in [0.05, 0.1) is 18.8 Å². The minimum Gasteiger partial charge on any atom is -0.496 e. The molecule has 2 aliphatic rings. The monoisotopic (exact) mass is 309 g/mol. The SMILES string of the molecule is COc1ccc(Cl)cc1C(=O)N1C2CCC1CC(OC)C2. The van der Waals surface area contributed by atoms with E-state index in [1.165, 1.54) is 0 Å². The summed E-state index contributed by atoms with van der Waals surface area (Å²) < 4.78 is 10.8. The quantitative estimate of drug-likeness (QED) is 0.861. The number of amides is 1. The van der Waals surface area contributed by atoms with Crippen LogP contribution in [0.25, 0.3) is 0 Å². The Morgan fingerprint density at radius 1 is 1.24 bits per heavy atom. The average molecular weight is 310 g/mol. The van der Waals surface area contributed by atoms with Gasteiger partial charge >= 0.3 is 0 Å². The molecule has 1 aromatic carbocycles. The van der Waals surface area contributed by atoms with Crippen molar-refractivity contribution in [1.29, 1.82) is 0 Å². The number of carbonyl (C=O) groups is 1. The molecule has 4 nitrogen and oxygen atoms in total. The Labute approximate surface area is 130 Å². The molecule has 0 N–H and O–H groups in total. The van der Waals surface area contributed by atoms with Crippen LogP contribution in [-0.4, -0.2) is 43.2 Å². The molecule has 1 amide bonds. The first-order chi connectivity index (χ1) is 10.1. The van der Waals surface area contributed by atoms with Gasteiger partial charge in [-0.25, -0.2) is 0 Å². The summed E-state index contributed by atoms with van der Waals surface area (Å²) in [5.74, 6) is 0.606. The van der Waals surface area contributed by atoms with Crippen LogP contribution in [0.5, 0.6) is 5.75 Å². The smallest absolute Gasteiger partial charge is 0.258 e. The molecule has 0 saturated carbocycles.